The van der Waals surface area contributed by atoms with Crippen LogP contribution in [0.1, 0.15) is 64.2 Å². The van der Waals surface area contributed by atoms with E-state index in [-0.39, 0.29) is 6.61 Å². The third kappa shape index (κ3) is 4.45. The fraction of sp³-hybridized carbons (Fsp3) is 0.938. The van der Waals surface area contributed by atoms with Crippen molar-refractivity contribution in [3.8, 4) is 0 Å². The van der Waals surface area contributed by atoms with Crippen molar-refractivity contribution in [3.63, 3.8) is 0 Å². The first-order valence-corrected chi connectivity index (χ1v) is 8.36. The zero-order chi connectivity index (χ0) is 14.4. The molecule has 0 aromatic carbocycles. The van der Waals surface area contributed by atoms with Gasteiger partial charge in [-0.05, 0) is 50.9 Å². The maximum Gasteiger partial charge on any atom is 0.222 e. The van der Waals surface area contributed by atoms with Crippen molar-refractivity contribution in [2.75, 3.05) is 13.2 Å². The highest BCUT2D eigenvalue weighted by molar-refractivity contribution is 5.76. The standard InChI is InChI=1S/C16H30N2O2/c17-14-5-1-4-13(12-14)8-9-16(20)18(10-3-11-19)15-6-2-7-15/h13-15,19H,1-12,17H2. The van der Waals surface area contributed by atoms with E-state index in [1.165, 1.54) is 19.3 Å². The summed E-state index contributed by atoms with van der Waals surface area (Å²) in [7, 11) is 0. The van der Waals surface area contributed by atoms with Gasteiger partial charge in [-0.25, -0.2) is 0 Å². The molecule has 2 aliphatic carbocycles. The summed E-state index contributed by atoms with van der Waals surface area (Å²) in [5, 5.41) is 8.98. The number of aliphatic hydroxyl groups is 1. The first-order valence-electron chi connectivity index (χ1n) is 8.36. The molecule has 2 fully saturated rings. The van der Waals surface area contributed by atoms with Crippen LogP contribution in [-0.2, 0) is 4.79 Å². The van der Waals surface area contributed by atoms with Gasteiger partial charge in [0, 0.05) is 31.7 Å². The van der Waals surface area contributed by atoms with Crippen LogP contribution in [0.4, 0.5) is 0 Å². The molecule has 4 nitrogen and oxygen atoms in total. The average molecular weight is 282 g/mol. The number of carbonyl (C=O) groups excluding carboxylic acids is 1. The molecule has 2 aliphatic rings. The SMILES string of the molecule is NC1CCCC(CCC(=O)N(CCCO)C2CCC2)C1. The van der Waals surface area contributed by atoms with Gasteiger partial charge >= 0.3 is 0 Å². The minimum Gasteiger partial charge on any atom is -0.396 e. The minimum absolute atomic E-state index is 0.175. The van der Waals surface area contributed by atoms with Gasteiger partial charge in [-0.1, -0.05) is 12.8 Å². The van der Waals surface area contributed by atoms with Crippen LogP contribution in [0.15, 0.2) is 0 Å². The van der Waals surface area contributed by atoms with E-state index in [0.29, 0.717) is 36.8 Å². The van der Waals surface area contributed by atoms with E-state index in [9.17, 15) is 4.79 Å². The van der Waals surface area contributed by atoms with Gasteiger partial charge < -0.3 is 15.7 Å². The van der Waals surface area contributed by atoms with Crippen molar-refractivity contribution < 1.29 is 9.90 Å². The van der Waals surface area contributed by atoms with E-state index < -0.39 is 0 Å². The van der Waals surface area contributed by atoms with E-state index in [1.807, 2.05) is 4.90 Å². The number of nitrogens with two attached hydrogens (primary N) is 1. The number of nitrogens with zero attached hydrogens (tertiary/aromatic N) is 1. The van der Waals surface area contributed by atoms with Gasteiger partial charge in [0.15, 0.2) is 0 Å². The molecule has 0 heterocycles. The van der Waals surface area contributed by atoms with Crippen molar-refractivity contribution in [3.05, 3.63) is 0 Å². The molecule has 0 bridgehead atoms. The second kappa shape index (κ2) is 7.99. The summed E-state index contributed by atoms with van der Waals surface area (Å²) in [6, 6.07) is 0.795. The summed E-state index contributed by atoms with van der Waals surface area (Å²) in [6.45, 7) is 0.901. The van der Waals surface area contributed by atoms with Crippen LogP contribution in [0.5, 0.6) is 0 Å². The van der Waals surface area contributed by atoms with Crippen LogP contribution in [0.25, 0.3) is 0 Å². The summed E-state index contributed by atoms with van der Waals surface area (Å²) < 4.78 is 0. The lowest BCUT2D eigenvalue weighted by atomic mass is 9.83. The van der Waals surface area contributed by atoms with Gasteiger partial charge in [-0.15, -0.1) is 0 Å². The molecule has 0 aliphatic heterocycles. The maximum atomic E-state index is 12.4. The Labute approximate surface area is 122 Å². The molecule has 2 rings (SSSR count). The van der Waals surface area contributed by atoms with Crippen molar-refractivity contribution in [2.45, 2.75) is 76.3 Å². The lowest BCUT2D eigenvalue weighted by molar-refractivity contribution is -0.135. The van der Waals surface area contributed by atoms with E-state index >= 15 is 0 Å². The minimum atomic E-state index is 0.175. The Balaban J connectivity index is 1.75. The monoisotopic (exact) mass is 282 g/mol. The van der Waals surface area contributed by atoms with Crippen molar-refractivity contribution >= 4 is 5.91 Å². The van der Waals surface area contributed by atoms with Gasteiger partial charge in [0.1, 0.15) is 0 Å². The number of hydrogen-bond acceptors (Lipinski definition) is 3. The lowest BCUT2D eigenvalue weighted by Gasteiger charge is -2.38. The molecule has 1 amide bonds. The van der Waals surface area contributed by atoms with Crippen LogP contribution in [0.2, 0.25) is 0 Å². The van der Waals surface area contributed by atoms with Crippen LogP contribution >= 0.6 is 0 Å². The van der Waals surface area contributed by atoms with E-state index in [4.69, 9.17) is 10.8 Å². The number of hydrogen-bond donors (Lipinski definition) is 2. The largest absolute Gasteiger partial charge is 0.396 e. The van der Waals surface area contributed by atoms with Crippen LogP contribution < -0.4 is 5.73 Å². The summed E-state index contributed by atoms with van der Waals surface area (Å²) in [5.41, 5.74) is 6.01. The van der Waals surface area contributed by atoms with E-state index in [0.717, 1.165) is 38.6 Å². The lowest BCUT2D eigenvalue weighted by Crippen LogP contribution is -2.45. The zero-order valence-electron chi connectivity index (χ0n) is 12.6. The molecule has 2 saturated carbocycles. The molecule has 2 atom stereocenters. The second-order valence-corrected chi connectivity index (χ2v) is 6.58. The Morgan fingerprint density at radius 2 is 1.95 bits per heavy atom. The Kier molecular flexibility index (Phi) is 6.30. The zero-order valence-corrected chi connectivity index (χ0v) is 12.6. The number of amides is 1. The smallest absolute Gasteiger partial charge is 0.222 e. The van der Waals surface area contributed by atoms with Gasteiger partial charge in [0.2, 0.25) is 5.91 Å². The quantitative estimate of drug-likeness (QED) is 0.751. The Morgan fingerprint density at radius 3 is 2.55 bits per heavy atom. The molecule has 4 heteroatoms. The number of rotatable bonds is 7. The molecule has 2 unspecified atom stereocenters. The molecule has 0 saturated heterocycles. The van der Waals surface area contributed by atoms with Gasteiger partial charge in [0.25, 0.3) is 0 Å². The van der Waals surface area contributed by atoms with Crippen LogP contribution in [0.3, 0.4) is 0 Å². The normalized spacial score (nSPS) is 27.1. The third-order valence-corrected chi connectivity index (χ3v) is 4.98. The molecule has 3 N–H and O–H groups in total. The van der Waals surface area contributed by atoms with E-state index in [1.54, 1.807) is 0 Å². The fourth-order valence-corrected chi connectivity index (χ4v) is 3.52. The topological polar surface area (TPSA) is 66.6 Å². The Morgan fingerprint density at radius 1 is 1.20 bits per heavy atom. The Bertz CT molecular complexity index is 305. The van der Waals surface area contributed by atoms with Gasteiger partial charge in [0.05, 0.1) is 0 Å². The predicted molar refractivity (Wildman–Crippen MR) is 80.2 cm³/mol. The average Bonchev–Trinajstić information content (AvgIpc) is 2.38. The van der Waals surface area contributed by atoms with Crippen LogP contribution in [0, 0.1) is 5.92 Å². The van der Waals surface area contributed by atoms with Crippen molar-refractivity contribution in [1.82, 2.24) is 4.90 Å². The Hall–Kier alpha value is -0.610. The fourth-order valence-electron chi connectivity index (χ4n) is 3.52. The van der Waals surface area contributed by atoms with Crippen LogP contribution in [-0.4, -0.2) is 41.1 Å². The summed E-state index contributed by atoms with van der Waals surface area (Å²) in [6.07, 6.45) is 10.6. The molecular formula is C16H30N2O2. The highest BCUT2D eigenvalue weighted by Gasteiger charge is 2.28. The molecule has 0 aromatic rings. The molecule has 0 radical (unpaired) electrons. The highest BCUT2D eigenvalue weighted by Crippen LogP contribution is 2.29. The molecule has 0 spiro atoms. The summed E-state index contributed by atoms with van der Waals surface area (Å²) in [4.78, 5) is 14.5. The summed E-state index contributed by atoms with van der Waals surface area (Å²) >= 11 is 0. The summed E-state index contributed by atoms with van der Waals surface area (Å²) in [5.74, 6) is 0.936. The maximum absolute atomic E-state index is 12.4. The van der Waals surface area contributed by atoms with Gasteiger partial charge in [-0.2, -0.15) is 0 Å². The molecule has 20 heavy (non-hydrogen) atoms. The predicted octanol–water partition coefficient (Wildman–Crippen LogP) is 2.05. The van der Waals surface area contributed by atoms with Gasteiger partial charge in [-0.3, -0.25) is 4.79 Å². The first-order chi connectivity index (χ1) is 9.70. The third-order valence-electron chi connectivity index (χ3n) is 4.98. The highest BCUT2D eigenvalue weighted by atomic mass is 16.3. The number of aliphatic hydroxyl groups excluding tert-OH is 1. The molecular weight excluding hydrogens is 252 g/mol. The van der Waals surface area contributed by atoms with Crippen molar-refractivity contribution in [1.29, 1.82) is 0 Å². The van der Waals surface area contributed by atoms with E-state index in [2.05, 4.69) is 0 Å². The first kappa shape index (κ1) is 15.8. The second-order valence-electron chi connectivity index (χ2n) is 6.58. The van der Waals surface area contributed by atoms with Crippen molar-refractivity contribution in [2.24, 2.45) is 11.7 Å². The molecule has 116 valence electrons. The molecule has 0 aromatic heterocycles. The number of carbonyl (C=O) groups is 1.